The zero-order valence-electron chi connectivity index (χ0n) is 18.1. The van der Waals surface area contributed by atoms with Gasteiger partial charge in [0.05, 0.1) is 10.6 Å². The molecular formula is C25H28N2O3S. The number of sulfonamides is 1. The second-order valence-corrected chi connectivity index (χ2v) is 9.64. The largest absolute Gasteiger partial charge is 0.354 e. The van der Waals surface area contributed by atoms with Crippen LogP contribution in [0.5, 0.6) is 0 Å². The smallest absolute Gasteiger partial charge is 0.264 e. The van der Waals surface area contributed by atoms with E-state index in [9.17, 15) is 13.2 Å². The number of nitrogens with zero attached hydrogens (tertiary/aromatic N) is 1. The number of aryl methyl sites for hydroxylation is 2. The average Bonchev–Trinajstić information content (AvgIpc) is 2.76. The van der Waals surface area contributed by atoms with Crippen molar-refractivity contribution in [2.75, 3.05) is 17.4 Å². The van der Waals surface area contributed by atoms with Crippen molar-refractivity contribution >= 4 is 21.6 Å². The number of benzene rings is 3. The number of anilines is 1. The van der Waals surface area contributed by atoms with E-state index in [0.717, 1.165) is 16.7 Å². The number of nitrogens with one attached hydrogen (secondary N) is 1. The van der Waals surface area contributed by atoms with Gasteiger partial charge in [0.1, 0.15) is 6.54 Å². The first-order valence-electron chi connectivity index (χ1n) is 10.2. The maximum atomic E-state index is 13.4. The summed E-state index contributed by atoms with van der Waals surface area (Å²) in [4.78, 5) is 12.9. The van der Waals surface area contributed by atoms with Gasteiger partial charge in [-0.15, -0.1) is 0 Å². The normalized spacial score (nSPS) is 12.2. The van der Waals surface area contributed by atoms with Crippen molar-refractivity contribution in [3.63, 3.8) is 0 Å². The summed E-state index contributed by atoms with van der Waals surface area (Å²) in [7, 11) is -3.90. The molecule has 1 amide bonds. The molecule has 3 rings (SSSR count). The summed E-state index contributed by atoms with van der Waals surface area (Å²) in [5.74, 6) is -0.230. The van der Waals surface area contributed by atoms with Gasteiger partial charge < -0.3 is 5.32 Å². The lowest BCUT2D eigenvalue weighted by atomic mass is 10.0. The maximum Gasteiger partial charge on any atom is 0.264 e. The predicted molar refractivity (Wildman–Crippen MR) is 125 cm³/mol. The van der Waals surface area contributed by atoms with Crippen LogP contribution in [-0.2, 0) is 14.8 Å². The van der Waals surface area contributed by atoms with Crippen LogP contribution in [0.25, 0.3) is 0 Å². The summed E-state index contributed by atoms with van der Waals surface area (Å²) < 4.78 is 28.0. The van der Waals surface area contributed by atoms with Gasteiger partial charge >= 0.3 is 0 Å². The zero-order chi connectivity index (χ0) is 22.4. The van der Waals surface area contributed by atoms with Crippen molar-refractivity contribution in [1.29, 1.82) is 0 Å². The Labute approximate surface area is 184 Å². The van der Waals surface area contributed by atoms with Gasteiger partial charge in [0, 0.05) is 6.54 Å². The molecule has 0 fully saturated rings. The standard InChI is InChI=1S/C25H28N2O3S/c1-19-12-14-24(15-13-19)31(29,30)27(23-11-7-8-20(2)16-23)18-25(28)26-17-21(3)22-9-5-4-6-10-22/h4-16,21H,17-18H2,1-3H3,(H,26,28)/t21-/m0/s1. The van der Waals surface area contributed by atoms with Crippen molar-refractivity contribution in [1.82, 2.24) is 5.32 Å². The molecule has 0 radical (unpaired) electrons. The van der Waals surface area contributed by atoms with Crippen LogP contribution >= 0.6 is 0 Å². The summed E-state index contributed by atoms with van der Waals surface area (Å²) in [6, 6.07) is 23.7. The Balaban J connectivity index is 1.81. The van der Waals surface area contributed by atoms with Crippen LogP contribution in [0, 0.1) is 13.8 Å². The fraction of sp³-hybridized carbons (Fsp3) is 0.240. The van der Waals surface area contributed by atoms with Crippen LogP contribution < -0.4 is 9.62 Å². The Kier molecular flexibility index (Phi) is 7.13. The highest BCUT2D eigenvalue weighted by Crippen LogP contribution is 2.24. The summed E-state index contributed by atoms with van der Waals surface area (Å²) in [6.45, 7) is 5.95. The SMILES string of the molecule is Cc1ccc(S(=O)(=O)N(CC(=O)NC[C@H](C)c2ccccc2)c2cccc(C)c2)cc1. The van der Waals surface area contributed by atoms with Crippen LogP contribution in [-0.4, -0.2) is 27.4 Å². The van der Waals surface area contributed by atoms with E-state index in [1.807, 2.05) is 57.2 Å². The van der Waals surface area contributed by atoms with Crippen LogP contribution in [0.15, 0.2) is 83.8 Å². The molecule has 6 heteroatoms. The van der Waals surface area contributed by atoms with Crippen molar-refractivity contribution in [2.24, 2.45) is 0 Å². The maximum absolute atomic E-state index is 13.4. The Morgan fingerprint density at radius 1 is 0.903 bits per heavy atom. The first-order chi connectivity index (χ1) is 14.8. The van der Waals surface area contributed by atoms with E-state index in [1.165, 1.54) is 4.31 Å². The molecule has 1 atom stereocenters. The molecule has 0 spiro atoms. The number of carbonyl (C=O) groups excluding carboxylic acids is 1. The number of carbonyl (C=O) groups is 1. The molecule has 0 bridgehead atoms. The monoisotopic (exact) mass is 436 g/mol. The number of hydrogen-bond acceptors (Lipinski definition) is 3. The van der Waals surface area contributed by atoms with Crippen molar-refractivity contribution < 1.29 is 13.2 Å². The topological polar surface area (TPSA) is 66.5 Å². The quantitative estimate of drug-likeness (QED) is 0.568. The molecule has 3 aromatic rings. The highest BCUT2D eigenvalue weighted by atomic mass is 32.2. The van der Waals surface area contributed by atoms with Gasteiger partial charge in [0.25, 0.3) is 10.0 Å². The number of rotatable bonds is 8. The van der Waals surface area contributed by atoms with E-state index < -0.39 is 10.0 Å². The van der Waals surface area contributed by atoms with E-state index >= 15 is 0 Å². The van der Waals surface area contributed by atoms with Crippen LogP contribution in [0.2, 0.25) is 0 Å². The van der Waals surface area contributed by atoms with E-state index in [-0.39, 0.29) is 23.3 Å². The fourth-order valence-corrected chi connectivity index (χ4v) is 4.70. The Morgan fingerprint density at radius 2 is 1.58 bits per heavy atom. The third-order valence-electron chi connectivity index (χ3n) is 5.16. The van der Waals surface area contributed by atoms with Crippen LogP contribution in [0.4, 0.5) is 5.69 Å². The van der Waals surface area contributed by atoms with Crippen LogP contribution in [0.3, 0.4) is 0 Å². The van der Waals surface area contributed by atoms with E-state index in [1.54, 1.807) is 42.5 Å². The average molecular weight is 437 g/mol. The molecule has 0 saturated heterocycles. The van der Waals surface area contributed by atoms with Crippen molar-refractivity contribution in [3.05, 3.63) is 95.6 Å². The predicted octanol–water partition coefficient (Wildman–Crippen LogP) is 4.42. The van der Waals surface area contributed by atoms with Gasteiger partial charge in [-0.1, -0.05) is 67.1 Å². The molecule has 0 aliphatic carbocycles. The molecule has 5 nitrogen and oxygen atoms in total. The minimum absolute atomic E-state index is 0.117. The second-order valence-electron chi connectivity index (χ2n) is 7.78. The van der Waals surface area contributed by atoms with Gasteiger partial charge in [-0.3, -0.25) is 9.10 Å². The summed E-state index contributed by atoms with van der Waals surface area (Å²) in [6.07, 6.45) is 0. The molecular weight excluding hydrogens is 408 g/mol. The summed E-state index contributed by atoms with van der Waals surface area (Å²) >= 11 is 0. The third kappa shape index (κ3) is 5.73. The van der Waals surface area contributed by atoms with Crippen molar-refractivity contribution in [3.8, 4) is 0 Å². The molecule has 31 heavy (non-hydrogen) atoms. The minimum atomic E-state index is -3.90. The number of hydrogen-bond donors (Lipinski definition) is 1. The molecule has 0 aromatic heterocycles. The van der Waals surface area contributed by atoms with Gasteiger partial charge in [-0.25, -0.2) is 8.42 Å². The first kappa shape index (κ1) is 22.6. The minimum Gasteiger partial charge on any atom is -0.354 e. The second kappa shape index (κ2) is 9.79. The van der Waals surface area contributed by atoms with Gasteiger partial charge in [0.2, 0.25) is 5.91 Å². The third-order valence-corrected chi connectivity index (χ3v) is 6.95. The molecule has 1 N–H and O–H groups in total. The van der Waals surface area contributed by atoms with Crippen molar-refractivity contribution in [2.45, 2.75) is 31.6 Å². The molecule has 0 heterocycles. The molecule has 162 valence electrons. The van der Waals surface area contributed by atoms with E-state index in [4.69, 9.17) is 0 Å². The van der Waals surface area contributed by atoms with E-state index in [0.29, 0.717) is 12.2 Å². The molecule has 0 aliphatic heterocycles. The first-order valence-corrected chi connectivity index (χ1v) is 11.7. The van der Waals surface area contributed by atoms with E-state index in [2.05, 4.69) is 5.32 Å². The number of amides is 1. The molecule has 3 aromatic carbocycles. The molecule has 0 saturated carbocycles. The zero-order valence-corrected chi connectivity index (χ0v) is 18.9. The van der Waals surface area contributed by atoms with Gasteiger partial charge in [-0.05, 0) is 55.2 Å². The van der Waals surface area contributed by atoms with Gasteiger partial charge in [0.15, 0.2) is 0 Å². The fourth-order valence-electron chi connectivity index (χ4n) is 3.29. The lowest BCUT2D eigenvalue weighted by Gasteiger charge is -2.25. The molecule has 0 aliphatic rings. The highest BCUT2D eigenvalue weighted by molar-refractivity contribution is 7.92. The Hall–Kier alpha value is -3.12. The highest BCUT2D eigenvalue weighted by Gasteiger charge is 2.27. The lowest BCUT2D eigenvalue weighted by Crippen LogP contribution is -2.41. The Bertz CT molecular complexity index is 1130. The molecule has 0 unspecified atom stereocenters. The Morgan fingerprint density at radius 3 is 2.23 bits per heavy atom. The lowest BCUT2D eigenvalue weighted by molar-refractivity contribution is -0.119. The summed E-state index contributed by atoms with van der Waals surface area (Å²) in [5, 5.41) is 2.88. The van der Waals surface area contributed by atoms with Gasteiger partial charge in [-0.2, -0.15) is 0 Å². The summed E-state index contributed by atoms with van der Waals surface area (Å²) in [5.41, 5.74) is 3.46. The van der Waals surface area contributed by atoms with Crippen LogP contribution in [0.1, 0.15) is 29.5 Å².